The highest BCUT2D eigenvalue weighted by atomic mass is 32.1. The second-order valence-corrected chi connectivity index (χ2v) is 6.88. The summed E-state index contributed by atoms with van der Waals surface area (Å²) in [5.41, 5.74) is 1.83. The zero-order valence-corrected chi connectivity index (χ0v) is 14.4. The molecule has 1 saturated heterocycles. The first-order valence-electron chi connectivity index (χ1n) is 7.67. The van der Waals surface area contributed by atoms with Gasteiger partial charge < -0.3 is 19.6 Å². The SMILES string of the molecule is Cc1cc(CNC(=O)N2CCN(c3nc(C)c(C)s3)CC2)no1. The molecule has 1 aliphatic rings. The summed E-state index contributed by atoms with van der Waals surface area (Å²) in [5, 5.41) is 7.81. The van der Waals surface area contributed by atoms with E-state index in [0.29, 0.717) is 19.6 Å². The van der Waals surface area contributed by atoms with Crippen molar-refractivity contribution in [1.29, 1.82) is 0 Å². The summed E-state index contributed by atoms with van der Waals surface area (Å²) in [6, 6.07) is 1.77. The van der Waals surface area contributed by atoms with Crippen LogP contribution in [-0.2, 0) is 6.54 Å². The van der Waals surface area contributed by atoms with E-state index < -0.39 is 0 Å². The number of aryl methyl sites for hydroxylation is 3. The summed E-state index contributed by atoms with van der Waals surface area (Å²) in [6.07, 6.45) is 0. The Balaban J connectivity index is 1.49. The lowest BCUT2D eigenvalue weighted by molar-refractivity contribution is 0.193. The number of aromatic nitrogens is 2. The quantitative estimate of drug-likeness (QED) is 0.929. The molecule has 1 aliphatic heterocycles. The molecular formula is C15H21N5O2S. The van der Waals surface area contributed by atoms with E-state index in [1.807, 2.05) is 24.8 Å². The van der Waals surface area contributed by atoms with Crippen LogP contribution in [0.5, 0.6) is 0 Å². The highest BCUT2D eigenvalue weighted by molar-refractivity contribution is 7.15. The number of hydrogen-bond acceptors (Lipinski definition) is 6. The molecule has 0 unspecified atom stereocenters. The number of urea groups is 1. The monoisotopic (exact) mass is 335 g/mol. The second-order valence-electron chi connectivity index (χ2n) is 5.70. The van der Waals surface area contributed by atoms with Gasteiger partial charge in [0.15, 0.2) is 5.13 Å². The fourth-order valence-corrected chi connectivity index (χ4v) is 3.43. The number of hydrogen-bond donors (Lipinski definition) is 1. The van der Waals surface area contributed by atoms with E-state index in [0.717, 1.165) is 35.4 Å². The number of piperazine rings is 1. The summed E-state index contributed by atoms with van der Waals surface area (Å²) >= 11 is 1.72. The van der Waals surface area contributed by atoms with Gasteiger partial charge in [-0.15, -0.1) is 11.3 Å². The minimum absolute atomic E-state index is 0.0585. The van der Waals surface area contributed by atoms with Gasteiger partial charge >= 0.3 is 6.03 Å². The van der Waals surface area contributed by atoms with Crippen molar-refractivity contribution in [2.24, 2.45) is 0 Å². The van der Waals surface area contributed by atoms with E-state index in [1.54, 1.807) is 11.3 Å². The molecule has 8 heteroatoms. The van der Waals surface area contributed by atoms with Crippen molar-refractivity contribution in [3.8, 4) is 0 Å². The Morgan fingerprint density at radius 1 is 1.30 bits per heavy atom. The van der Waals surface area contributed by atoms with Crippen LogP contribution in [0.15, 0.2) is 10.6 Å². The molecule has 1 fully saturated rings. The lowest BCUT2D eigenvalue weighted by Gasteiger charge is -2.34. The topological polar surface area (TPSA) is 74.5 Å². The van der Waals surface area contributed by atoms with Crippen LogP contribution < -0.4 is 10.2 Å². The van der Waals surface area contributed by atoms with Gasteiger partial charge in [0.2, 0.25) is 0 Å². The molecule has 0 bridgehead atoms. The number of rotatable bonds is 3. The number of nitrogens with one attached hydrogen (secondary N) is 1. The summed E-state index contributed by atoms with van der Waals surface area (Å²) in [4.78, 5) is 22.1. The van der Waals surface area contributed by atoms with E-state index in [4.69, 9.17) is 4.52 Å². The molecule has 2 aromatic rings. The van der Waals surface area contributed by atoms with Gasteiger partial charge in [-0.05, 0) is 20.8 Å². The summed E-state index contributed by atoms with van der Waals surface area (Å²) in [7, 11) is 0. The van der Waals surface area contributed by atoms with E-state index in [2.05, 4.69) is 27.3 Å². The maximum absolute atomic E-state index is 12.2. The highest BCUT2D eigenvalue weighted by Crippen LogP contribution is 2.25. The maximum atomic E-state index is 12.2. The van der Waals surface area contributed by atoms with E-state index in [9.17, 15) is 4.79 Å². The molecule has 0 radical (unpaired) electrons. The normalized spacial score (nSPS) is 15.1. The molecule has 7 nitrogen and oxygen atoms in total. The molecule has 0 aliphatic carbocycles. The third-order valence-corrected chi connectivity index (χ3v) is 5.09. The molecular weight excluding hydrogens is 314 g/mol. The van der Waals surface area contributed by atoms with Crippen LogP contribution >= 0.6 is 11.3 Å². The Kier molecular flexibility index (Phi) is 4.51. The smallest absolute Gasteiger partial charge is 0.317 e. The zero-order valence-electron chi connectivity index (χ0n) is 13.6. The first-order chi connectivity index (χ1) is 11.0. The average Bonchev–Trinajstić information content (AvgIpc) is 3.11. The Labute approximate surface area is 139 Å². The van der Waals surface area contributed by atoms with E-state index in [-0.39, 0.29) is 6.03 Å². The van der Waals surface area contributed by atoms with Crippen LogP contribution in [0.2, 0.25) is 0 Å². The third kappa shape index (κ3) is 3.64. The molecule has 0 aromatic carbocycles. The molecule has 1 N–H and O–H groups in total. The minimum Gasteiger partial charge on any atom is -0.361 e. The van der Waals surface area contributed by atoms with Gasteiger partial charge in [0.25, 0.3) is 0 Å². The van der Waals surface area contributed by atoms with E-state index in [1.165, 1.54) is 4.88 Å². The molecule has 2 aromatic heterocycles. The van der Waals surface area contributed by atoms with Crippen molar-refractivity contribution in [1.82, 2.24) is 20.4 Å². The standard InChI is InChI=1S/C15H21N5O2S/c1-10-8-13(18-22-10)9-16-14(21)19-4-6-20(7-5-19)15-17-11(2)12(3)23-15/h8H,4-7,9H2,1-3H3,(H,16,21). The Bertz CT molecular complexity index is 668. The molecule has 3 rings (SSSR count). The Hall–Kier alpha value is -2.09. The predicted molar refractivity (Wildman–Crippen MR) is 88.8 cm³/mol. The van der Waals surface area contributed by atoms with Gasteiger partial charge in [0.1, 0.15) is 11.5 Å². The van der Waals surface area contributed by atoms with Crippen molar-refractivity contribution in [2.45, 2.75) is 27.3 Å². The predicted octanol–water partition coefficient (Wildman–Crippen LogP) is 2.09. The van der Waals surface area contributed by atoms with Crippen LogP contribution in [0.3, 0.4) is 0 Å². The molecule has 0 atom stereocenters. The fourth-order valence-electron chi connectivity index (χ4n) is 2.47. The average molecular weight is 335 g/mol. The minimum atomic E-state index is -0.0585. The van der Waals surface area contributed by atoms with Gasteiger partial charge in [-0.25, -0.2) is 9.78 Å². The fraction of sp³-hybridized carbons (Fsp3) is 0.533. The molecule has 124 valence electrons. The lowest BCUT2D eigenvalue weighted by Crippen LogP contribution is -2.51. The van der Waals surface area contributed by atoms with Crippen molar-refractivity contribution in [3.63, 3.8) is 0 Å². The molecule has 3 heterocycles. The van der Waals surface area contributed by atoms with Crippen molar-refractivity contribution >= 4 is 22.5 Å². The van der Waals surface area contributed by atoms with Crippen molar-refractivity contribution in [2.75, 3.05) is 31.1 Å². The number of anilines is 1. The van der Waals surface area contributed by atoms with Gasteiger partial charge in [-0.2, -0.15) is 0 Å². The van der Waals surface area contributed by atoms with Crippen LogP contribution in [-0.4, -0.2) is 47.3 Å². The highest BCUT2D eigenvalue weighted by Gasteiger charge is 2.23. The largest absolute Gasteiger partial charge is 0.361 e. The Morgan fingerprint density at radius 3 is 2.61 bits per heavy atom. The van der Waals surface area contributed by atoms with Gasteiger partial charge in [0.05, 0.1) is 12.2 Å². The van der Waals surface area contributed by atoms with Crippen LogP contribution in [0, 0.1) is 20.8 Å². The number of thiazole rings is 1. The van der Waals surface area contributed by atoms with Crippen LogP contribution in [0.25, 0.3) is 0 Å². The van der Waals surface area contributed by atoms with Crippen molar-refractivity contribution < 1.29 is 9.32 Å². The second kappa shape index (κ2) is 6.57. The number of carbonyl (C=O) groups is 1. The molecule has 2 amide bonds. The number of amides is 2. The van der Waals surface area contributed by atoms with Gasteiger partial charge in [-0.1, -0.05) is 5.16 Å². The number of carbonyl (C=O) groups excluding carboxylic acids is 1. The van der Waals surface area contributed by atoms with Crippen molar-refractivity contribution in [3.05, 3.63) is 28.1 Å². The molecule has 0 saturated carbocycles. The van der Waals surface area contributed by atoms with Gasteiger partial charge in [0, 0.05) is 37.1 Å². The van der Waals surface area contributed by atoms with E-state index >= 15 is 0 Å². The molecule has 0 spiro atoms. The number of nitrogens with zero attached hydrogens (tertiary/aromatic N) is 4. The maximum Gasteiger partial charge on any atom is 0.317 e. The first-order valence-corrected chi connectivity index (χ1v) is 8.48. The summed E-state index contributed by atoms with van der Waals surface area (Å²) in [5.74, 6) is 0.747. The Morgan fingerprint density at radius 2 is 2.04 bits per heavy atom. The third-order valence-electron chi connectivity index (χ3n) is 3.95. The zero-order chi connectivity index (χ0) is 16.4. The summed E-state index contributed by atoms with van der Waals surface area (Å²) in [6.45, 7) is 9.35. The summed E-state index contributed by atoms with van der Waals surface area (Å²) < 4.78 is 4.99. The lowest BCUT2D eigenvalue weighted by atomic mass is 10.3. The van der Waals surface area contributed by atoms with Crippen LogP contribution in [0.4, 0.5) is 9.93 Å². The van der Waals surface area contributed by atoms with Crippen LogP contribution in [0.1, 0.15) is 22.0 Å². The van der Waals surface area contributed by atoms with Gasteiger partial charge in [-0.3, -0.25) is 0 Å². The molecule has 23 heavy (non-hydrogen) atoms. The first kappa shape index (κ1) is 15.8.